The van der Waals surface area contributed by atoms with Crippen molar-refractivity contribution in [3.05, 3.63) is 21.7 Å². The number of rotatable bonds is 2. The van der Waals surface area contributed by atoms with Crippen LogP contribution in [0.4, 0.5) is 11.9 Å². The van der Waals surface area contributed by atoms with E-state index in [2.05, 4.69) is 37.7 Å². The van der Waals surface area contributed by atoms with Crippen LogP contribution in [0.25, 0.3) is 21.5 Å². The van der Waals surface area contributed by atoms with E-state index in [1.54, 1.807) is 23.7 Å². The number of nitrogens with two attached hydrogens (primary N) is 1. The highest BCUT2D eigenvalue weighted by molar-refractivity contribution is 9.10. The maximum Gasteiger partial charge on any atom is 0.226 e. The number of nitrogens with zero attached hydrogens (tertiary/aromatic N) is 5. The maximum absolute atomic E-state index is 5.61. The van der Waals surface area contributed by atoms with Crippen LogP contribution in [0.2, 0.25) is 0 Å². The Bertz CT molecular complexity index is 891. The molecule has 4 heterocycles. The molecule has 2 N–H and O–H groups in total. The number of aromatic nitrogens is 4. The third-order valence-electron chi connectivity index (χ3n) is 3.87. The second-order valence-electron chi connectivity index (χ2n) is 5.45. The van der Waals surface area contributed by atoms with Crippen molar-refractivity contribution < 1.29 is 4.74 Å². The second kappa shape index (κ2) is 6.23. The van der Waals surface area contributed by atoms with E-state index in [0.717, 1.165) is 43.9 Å². The average molecular weight is 407 g/mol. The summed E-state index contributed by atoms with van der Waals surface area (Å²) in [6, 6.07) is 0. The molecular weight excluding hydrogens is 392 g/mol. The first-order chi connectivity index (χ1) is 11.6. The summed E-state index contributed by atoms with van der Waals surface area (Å²) in [5.74, 6) is 0.956. The molecule has 24 heavy (non-hydrogen) atoms. The van der Waals surface area contributed by atoms with Gasteiger partial charge in [-0.1, -0.05) is 0 Å². The lowest BCUT2D eigenvalue weighted by Crippen LogP contribution is -2.37. The molecule has 0 aliphatic carbocycles. The van der Waals surface area contributed by atoms with Crippen molar-refractivity contribution in [1.82, 2.24) is 19.9 Å². The van der Waals surface area contributed by atoms with Gasteiger partial charge >= 0.3 is 0 Å². The zero-order valence-corrected chi connectivity index (χ0v) is 15.4. The Morgan fingerprint density at radius 1 is 1.21 bits per heavy atom. The molecule has 1 saturated heterocycles. The highest BCUT2D eigenvalue weighted by Crippen LogP contribution is 2.39. The number of morpholine rings is 1. The number of hydrogen-bond donors (Lipinski definition) is 1. The molecule has 1 fully saturated rings. The Morgan fingerprint density at radius 3 is 2.62 bits per heavy atom. The highest BCUT2D eigenvalue weighted by atomic mass is 79.9. The molecule has 0 atom stereocenters. The van der Waals surface area contributed by atoms with Crippen LogP contribution in [-0.2, 0) is 4.74 Å². The van der Waals surface area contributed by atoms with Crippen molar-refractivity contribution in [3.8, 4) is 11.3 Å². The van der Waals surface area contributed by atoms with E-state index in [1.807, 2.05) is 0 Å². The predicted molar refractivity (Wildman–Crippen MR) is 98.3 cm³/mol. The lowest BCUT2D eigenvalue weighted by Gasteiger charge is -2.27. The summed E-state index contributed by atoms with van der Waals surface area (Å²) in [6.45, 7) is 5.00. The number of thiophene rings is 1. The minimum absolute atomic E-state index is 0.251. The summed E-state index contributed by atoms with van der Waals surface area (Å²) in [5, 5.41) is 0. The zero-order valence-electron chi connectivity index (χ0n) is 13.0. The number of halogens is 1. The van der Waals surface area contributed by atoms with Crippen molar-refractivity contribution in [3.63, 3.8) is 0 Å². The molecule has 0 saturated carbocycles. The minimum Gasteiger partial charge on any atom is -0.378 e. The van der Waals surface area contributed by atoms with Crippen molar-refractivity contribution >= 4 is 49.4 Å². The van der Waals surface area contributed by atoms with Gasteiger partial charge < -0.3 is 15.4 Å². The summed E-state index contributed by atoms with van der Waals surface area (Å²) in [4.78, 5) is 21.1. The molecule has 3 aromatic rings. The molecule has 4 rings (SSSR count). The minimum atomic E-state index is 0.251. The Kier molecular flexibility index (Phi) is 4.07. The molecule has 0 aromatic carbocycles. The van der Waals surface area contributed by atoms with Crippen LogP contribution in [0.5, 0.6) is 0 Å². The van der Waals surface area contributed by atoms with E-state index < -0.39 is 0 Å². The van der Waals surface area contributed by atoms with Gasteiger partial charge in [0.1, 0.15) is 5.52 Å². The Morgan fingerprint density at radius 2 is 1.92 bits per heavy atom. The van der Waals surface area contributed by atoms with Gasteiger partial charge in [0, 0.05) is 35.9 Å². The summed E-state index contributed by atoms with van der Waals surface area (Å²) < 4.78 is 7.46. The van der Waals surface area contributed by atoms with Crippen molar-refractivity contribution in [2.24, 2.45) is 0 Å². The smallest absolute Gasteiger partial charge is 0.226 e. The predicted octanol–water partition coefficient (Wildman–Crippen LogP) is 2.64. The topological polar surface area (TPSA) is 90.0 Å². The highest BCUT2D eigenvalue weighted by Gasteiger charge is 2.21. The molecule has 0 bridgehead atoms. The van der Waals surface area contributed by atoms with Crippen molar-refractivity contribution in [2.75, 3.05) is 36.9 Å². The van der Waals surface area contributed by atoms with Gasteiger partial charge in [-0.2, -0.15) is 0 Å². The summed E-state index contributed by atoms with van der Waals surface area (Å²) in [5.41, 5.74) is 8.19. The summed E-state index contributed by atoms with van der Waals surface area (Å²) >= 11 is 5.31. The van der Waals surface area contributed by atoms with Crippen LogP contribution in [0.15, 0.2) is 16.9 Å². The number of nitrogen functional groups attached to an aromatic ring is 1. The quantitative estimate of drug-likeness (QED) is 0.699. The molecule has 7 nitrogen and oxygen atoms in total. The summed E-state index contributed by atoms with van der Waals surface area (Å²) in [6.07, 6.45) is 3.41. The molecule has 0 amide bonds. The van der Waals surface area contributed by atoms with E-state index >= 15 is 0 Å². The molecule has 9 heteroatoms. The number of fused-ring (bicyclic) bond motifs is 1. The molecule has 124 valence electrons. The van der Waals surface area contributed by atoms with E-state index in [1.165, 1.54) is 0 Å². The number of hydrogen-bond acceptors (Lipinski definition) is 8. The fourth-order valence-corrected chi connectivity index (χ4v) is 4.27. The van der Waals surface area contributed by atoms with E-state index in [9.17, 15) is 0 Å². The van der Waals surface area contributed by atoms with Gasteiger partial charge in [-0.05, 0) is 22.9 Å². The Labute approximate surface area is 151 Å². The Balaban J connectivity index is 1.92. The van der Waals surface area contributed by atoms with Crippen LogP contribution in [0.3, 0.4) is 0 Å². The van der Waals surface area contributed by atoms with Crippen LogP contribution in [0.1, 0.15) is 4.88 Å². The van der Waals surface area contributed by atoms with Gasteiger partial charge in [0.05, 0.1) is 28.1 Å². The van der Waals surface area contributed by atoms with Crippen molar-refractivity contribution in [2.45, 2.75) is 6.92 Å². The van der Waals surface area contributed by atoms with Gasteiger partial charge in [-0.15, -0.1) is 11.3 Å². The second-order valence-corrected chi connectivity index (χ2v) is 7.47. The zero-order chi connectivity index (χ0) is 16.7. The lowest BCUT2D eigenvalue weighted by atomic mass is 10.2. The molecule has 0 spiro atoms. The third kappa shape index (κ3) is 2.72. The van der Waals surface area contributed by atoms with Crippen LogP contribution in [-0.4, -0.2) is 46.2 Å². The number of anilines is 2. The molecule has 1 aliphatic rings. The van der Waals surface area contributed by atoms with Crippen LogP contribution < -0.4 is 10.6 Å². The first-order valence-corrected chi connectivity index (χ1v) is 9.11. The number of ether oxygens (including phenoxy) is 1. The van der Waals surface area contributed by atoms with Gasteiger partial charge in [-0.3, -0.25) is 0 Å². The molecular formula is C15H15BrN6OS. The molecule has 0 radical (unpaired) electrons. The number of aryl methyl sites for hydroxylation is 1. The first-order valence-electron chi connectivity index (χ1n) is 7.50. The van der Waals surface area contributed by atoms with Crippen LogP contribution >= 0.6 is 27.3 Å². The normalized spacial score (nSPS) is 15.2. The Hall–Kier alpha value is -1.84. The van der Waals surface area contributed by atoms with E-state index in [-0.39, 0.29) is 5.95 Å². The van der Waals surface area contributed by atoms with Gasteiger partial charge in [0.15, 0.2) is 0 Å². The molecule has 3 aromatic heterocycles. The average Bonchev–Trinajstić information content (AvgIpc) is 2.90. The molecule has 1 aliphatic heterocycles. The van der Waals surface area contributed by atoms with E-state index in [4.69, 9.17) is 20.4 Å². The molecule has 0 unspecified atom stereocenters. The van der Waals surface area contributed by atoms with Gasteiger partial charge in [0.2, 0.25) is 11.9 Å². The lowest BCUT2D eigenvalue weighted by molar-refractivity contribution is 0.122. The van der Waals surface area contributed by atoms with Gasteiger partial charge in [-0.25, -0.2) is 19.9 Å². The largest absolute Gasteiger partial charge is 0.378 e. The SMILES string of the molecule is Cc1sc2c(-c3cnc(N)nc3)nc(N3CCOCC3)nc2c1Br. The fraction of sp³-hybridized carbons (Fsp3) is 0.333. The monoisotopic (exact) mass is 406 g/mol. The first kappa shape index (κ1) is 15.7. The maximum atomic E-state index is 5.61. The van der Waals surface area contributed by atoms with Crippen molar-refractivity contribution in [1.29, 1.82) is 0 Å². The summed E-state index contributed by atoms with van der Waals surface area (Å²) in [7, 11) is 0. The standard InChI is InChI=1S/C15H15BrN6OS/c1-8-10(16)12-13(24-8)11(9-6-18-14(17)19-7-9)20-15(21-12)22-2-4-23-5-3-22/h6-7H,2-5H2,1H3,(H2,17,18,19). The van der Waals surface area contributed by atoms with Crippen LogP contribution in [0, 0.1) is 6.92 Å². The van der Waals surface area contributed by atoms with E-state index in [0.29, 0.717) is 19.2 Å². The van der Waals surface area contributed by atoms with Gasteiger partial charge in [0.25, 0.3) is 0 Å². The third-order valence-corrected chi connectivity index (χ3v) is 6.20. The fourth-order valence-electron chi connectivity index (χ4n) is 2.61.